The Morgan fingerprint density at radius 1 is 1.29 bits per heavy atom. The molecule has 1 aromatic heterocycles. The summed E-state index contributed by atoms with van der Waals surface area (Å²) in [7, 11) is 0. The van der Waals surface area contributed by atoms with E-state index in [2.05, 4.69) is 10.3 Å². The number of hydrogen-bond donors (Lipinski definition) is 1. The van der Waals surface area contributed by atoms with Gasteiger partial charge in [0.2, 0.25) is 0 Å². The van der Waals surface area contributed by atoms with Crippen molar-refractivity contribution in [3.63, 3.8) is 0 Å². The Bertz CT molecular complexity index is 424. The van der Waals surface area contributed by atoms with Crippen LogP contribution >= 0.6 is 11.6 Å². The average Bonchev–Trinajstić information content (AvgIpc) is 2.67. The molecule has 0 saturated carbocycles. The summed E-state index contributed by atoms with van der Waals surface area (Å²) < 4.78 is 1.57. The molecule has 0 saturated heterocycles. The fraction of sp³-hybridized carbons (Fsp3) is 0.111. The summed E-state index contributed by atoms with van der Waals surface area (Å²) in [5, 5.41) is 17.2. The van der Waals surface area contributed by atoms with Crippen molar-refractivity contribution < 1.29 is 5.11 Å². The highest BCUT2D eigenvalue weighted by Gasteiger charge is 2.03. The lowest BCUT2D eigenvalue weighted by Gasteiger charge is -2.03. The standard InChI is InChI=1S/C9H8ClN3O/c10-7-1-3-8(4-2-7)13-9(6-14)5-11-12-13/h1-5,14H,6H2. The van der Waals surface area contributed by atoms with E-state index in [0.717, 1.165) is 5.69 Å². The van der Waals surface area contributed by atoms with Crippen molar-refractivity contribution in [2.45, 2.75) is 6.61 Å². The van der Waals surface area contributed by atoms with Crippen LogP contribution in [0.4, 0.5) is 0 Å². The maximum absolute atomic E-state index is 9.00. The normalized spacial score (nSPS) is 10.4. The topological polar surface area (TPSA) is 50.9 Å². The monoisotopic (exact) mass is 209 g/mol. The van der Waals surface area contributed by atoms with E-state index in [4.69, 9.17) is 16.7 Å². The molecule has 2 aromatic rings. The highest BCUT2D eigenvalue weighted by molar-refractivity contribution is 6.30. The second kappa shape index (κ2) is 3.77. The molecule has 72 valence electrons. The van der Waals surface area contributed by atoms with Crippen LogP contribution in [0.15, 0.2) is 30.5 Å². The molecule has 0 unspecified atom stereocenters. The molecule has 5 heteroatoms. The maximum atomic E-state index is 9.00. The third-order valence-electron chi connectivity index (χ3n) is 1.85. The Hall–Kier alpha value is -1.39. The molecule has 1 N–H and O–H groups in total. The summed E-state index contributed by atoms with van der Waals surface area (Å²) in [6, 6.07) is 7.16. The third-order valence-corrected chi connectivity index (χ3v) is 2.11. The van der Waals surface area contributed by atoms with Gasteiger partial charge in [0.25, 0.3) is 0 Å². The van der Waals surface area contributed by atoms with Gasteiger partial charge in [-0.2, -0.15) is 0 Å². The van der Waals surface area contributed by atoms with Gasteiger partial charge in [-0.15, -0.1) is 5.10 Å². The molecule has 0 aliphatic heterocycles. The predicted molar refractivity (Wildman–Crippen MR) is 52.3 cm³/mol. The molecule has 2 rings (SSSR count). The van der Waals surface area contributed by atoms with E-state index < -0.39 is 0 Å². The largest absolute Gasteiger partial charge is 0.390 e. The van der Waals surface area contributed by atoms with Gasteiger partial charge in [0.1, 0.15) is 0 Å². The number of aromatic nitrogens is 3. The number of halogens is 1. The van der Waals surface area contributed by atoms with Crippen LogP contribution < -0.4 is 0 Å². The zero-order valence-electron chi connectivity index (χ0n) is 7.26. The number of benzene rings is 1. The molecule has 0 radical (unpaired) electrons. The summed E-state index contributed by atoms with van der Waals surface area (Å²) in [5.74, 6) is 0. The zero-order valence-corrected chi connectivity index (χ0v) is 8.02. The molecule has 0 amide bonds. The van der Waals surface area contributed by atoms with Gasteiger partial charge in [-0.25, -0.2) is 4.68 Å². The van der Waals surface area contributed by atoms with E-state index in [0.29, 0.717) is 10.7 Å². The van der Waals surface area contributed by atoms with Crippen molar-refractivity contribution in [1.82, 2.24) is 15.0 Å². The first-order valence-electron chi connectivity index (χ1n) is 4.07. The van der Waals surface area contributed by atoms with Gasteiger partial charge in [-0.3, -0.25) is 0 Å². The first-order valence-corrected chi connectivity index (χ1v) is 4.45. The molecule has 14 heavy (non-hydrogen) atoms. The molecule has 0 atom stereocenters. The molecule has 4 nitrogen and oxygen atoms in total. The number of aliphatic hydroxyl groups excluding tert-OH is 1. The van der Waals surface area contributed by atoms with Crippen molar-refractivity contribution in [2.24, 2.45) is 0 Å². The zero-order chi connectivity index (χ0) is 9.97. The summed E-state index contributed by atoms with van der Waals surface area (Å²) in [4.78, 5) is 0. The van der Waals surface area contributed by atoms with E-state index in [9.17, 15) is 0 Å². The van der Waals surface area contributed by atoms with E-state index in [1.807, 2.05) is 12.1 Å². The van der Waals surface area contributed by atoms with E-state index in [1.54, 1.807) is 16.8 Å². The van der Waals surface area contributed by atoms with Gasteiger partial charge < -0.3 is 5.11 Å². The fourth-order valence-corrected chi connectivity index (χ4v) is 1.29. The number of rotatable bonds is 2. The van der Waals surface area contributed by atoms with Crippen LogP contribution in [-0.2, 0) is 6.61 Å². The van der Waals surface area contributed by atoms with Gasteiger partial charge in [-0.05, 0) is 24.3 Å². The SMILES string of the molecule is OCc1cnnn1-c1ccc(Cl)cc1. The summed E-state index contributed by atoms with van der Waals surface area (Å²) in [6.07, 6.45) is 1.52. The number of hydrogen-bond acceptors (Lipinski definition) is 3. The molecule has 0 aliphatic carbocycles. The second-order valence-electron chi connectivity index (χ2n) is 2.77. The Kier molecular flexibility index (Phi) is 2.47. The Balaban J connectivity index is 2.44. The molecular weight excluding hydrogens is 202 g/mol. The number of aliphatic hydroxyl groups is 1. The average molecular weight is 210 g/mol. The predicted octanol–water partition coefficient (Wildman–Crippen LogP) is 1.41. The Labute approximate surface area is 85.7 Å². The van der Waals surface area contributed by atoms with Crippen molar-refractivity contribution in [2.75, 3.05) is 0 Å². The summed E-state index contributed by atoms with van der Waals surface area (Å²) in [5.41, 5.74) is 1.48. The van der Waals surface area contributed by atoms with Crippen LogP contribution in [0.1, 0.15) is 5.69 Å². The van der Waals surface area contributed by atoms with Crippen LogP contribution in [0.2, 0.25) is 5.02 Å². The lowest BCUT2D eigenvalue weighted by atomic mass is 10.3. The minimum Gasteiger partial charge on any atom is -0.390 e. The van der Waals surface area contributed by atoms with E-state index >= 15 is 0 Å². The van der Waals surface area contributed by atoms with Gasteiger partial charge >= 0.3 is 0 Å². The van der Waals surface area contributed by atoms with Crippen LogP contribution in [0, 0.1) is 0 Å². The smallest absolute Gasteiger partial charge is 0.0900 e. The third kappa shape index (κ3) is 1.62. The first-order chi connectivity index (χ1) is 6.81. The van der Waals surface area contributed by atoms with Crippen LogP contribution in [0.25, 0.3) is 5.69 Å². The highest BCUT2D eigenvalue weighted by atomic mass is 35.5. The minimum absolute atomic E-state index is 0.0877. The Morgan fingerprint density at radius 3 is 2.64 bits per heavy atom. The van der Waals surface area contributed by atoms with Crippen LogP contribution in [0.5, 0.6) is 0 Å². The molecular formula is C9H8ClN3O. The van der Waals surface area contributed by atoms with E-state index in [1.165, 1.54) is 6.20 Å². The van der Waals surface area contributed by atoms with Gasteiger partial charge in [-0.1, -0.05) is 16.8 Å². The van der Waals surface area contributed by atoms with Crippen LogP contribution in [-0.4, -0.2) is 20.1 Å². The molecule has 0 bridgehead atoms. The van der Waals surface area contributed by atoms with Crippen molar-refractivity contribution >= 4 is 11.6 Å². The molecule has 0 spiro atoms. The molecule has 0 aliphatic rings. The second-order valence-corrected chi connectivity index (χ2v) is 3.21. The van der Waals surface area contributed by atoms with Gasteiger partial charge in [0, 0.05) is 5.02 Å². The number of nitrogens with zero attached hydrogens (tertiary/aromatic N) is 3. The van der Waals surface area contributed by atoms with Gasteiger partial charge in [0.05, 0.1) is 24.2 Å². The van der Waals surface area contributed by atoms with Crippen molar-refractivity contribution in [3.8, 4) is 5.69 Å². The first kappa shape index (κ1) is 9.18. The lowest BCUT2D eigenvalue weighted by Crippen LogP contribution is -2.01. The quantitative estimate of drug-likeness (QED) is 0.814. The van der Waals surface area contributed by atoms with Crippen molar-refractivity contribution in [3.05, 3.63) is 41.2 Å². The minimum atomic E-state index is -0.0877. The molecule has 1 heterocycles. The van der Waals surface area contributed by atoms with Crippen LogP contribution in [0.3, 0.4) is 0 Å². The fourth-order valence-electron chi connectivity index (χ4n) is 1.16. The lowest BCUT2D eigenvalue weighted by molar-refractivity contribution is 0.273. The highest BCUT2D eigenvalue weighted by Crippen LogP contribution is 2.13. The molecule has 1 aromatic carbocycles. The summed E-state index contributed by atoms with van der Waals surface area (Å²) in [6.45, 7) is -0.0877. The summed E-state index contributed by atoms with van der Waals surface area (Å²) >= 11 is 5.75. The maximum Gasteiger partial charge on any atom is 0.0900 e. The Morgan fingerprint density at radius 2 is 2.00 bits per heavy atom. The van der Waals surface area contributed by atoms with Crippen molar-refractivity contribution in [1.29, 1.82) is 0 Å². The molecule has 0 fully saturated rings. The van der Waals surface area contributed by atoms with Gasteiger partial charge in [0.15, 0.2) is 0 Å². The van der Waals surface area contributed by atoms with E-state index in [-0.39, 0.29) is 6.61 Å².